The summed E-state index contributed by atoms with van der Waals surface area (Å²) in [6.07, 6.45) is 0. The summed E-state index contributed by atoms with van der Waals surface area (Å²) in [5, 5.41) is 7.75. The Morgan fingerprint density at radius 3 is 1.60 bits per heavy atom. The highest BCUT2D eigenvalue weighted by Crippen LogP contribution is 2.54. The highest BCUT2D eigenvalue weighted by Gasteiger charge is 2.37. The summed E-state index contributed by atoms with van der Waals surface area (Å²) in [5.41, 5.74) is 19.8. The molecule has 2 aliphatic rings. The lowest BCUT2D eigenvalue weighted by molar-refractivity contribution is 0.660. The zero-order chi connectivity index (χ0) is 37.2. The highest BCUT2D eigenvalue weighted by atomic mass is 14.4. The Hall–Kier alpha value is -6.24. The van der Waals surface area contributed by atoms with E-state index in [1.807, 2.05) is 0 Å². The zero-order valence-electron chi connectivity index (χ0n) is 32.1. The van der Waals surface area contributed by atoms with Gasteiger partial charge in [-0.15, -0.1) is 0 Å². The van der Waals surface area contributed by atoms with Crippen molar-refractivity contribution in [3.8, 4) is 55.6 Å². The molecule has 0 saturated carbocycles. The second-order valence-electron chi connectivity index (χ2n) is 17.0. The second kappa shape index (κ2) is 11.4. The zero-order valence-corrected chi connectivity index (χ0v) is 32.1. The van der Waals surface area contributed by atoms with Crippen LogP contribution < -0.4 is 0 Å². The molecule has 0 heterocycles. The number of rotatable bonds is 3. The molecule has 0 radical (unpaired) electrons. The average Bonchev–Trinajstić information content (AvgIpc) is 3.58. The van der Waals surface area contributed by atoms with Crippen LogP contribution >= 0.6 is 0 Å². The number of benzene rings is 9. The Bertz CT molecular complexity index is 3100. The summed E-state index contributed by atoms with van der Waals surface area (Å²) in [7, 11) is 0. The maximum Gasteiger partial charge on any atom is 0.0159 e. The lowest BCUT2D eigenvalue weighted by Gasteiger charge is -2.24. The maximum absolute atomic E-state index is 2.50. The Labute approximate surface area is 323 Å². The molecule has 0 atom stereocenters. The van der Waals surface area contributed by atoms with E-state index in [0.717, 1.165) is 0 Å². The van der Waals surface area contributed by atoms with Crippen LogP contribution in [0.1, 0.15) is 55.5 Å². The fourth-order valence-electron chi connectivity index (χ4n) is 10.2. The number of hydrogen-bond donors (Lipinski definition) is 0. The fraction of sp³-hybridized carbons (Fsp3) is 0.127. The lowest BCUT2D eigenvalue weighted by atomic mass is 9.79. The van der Waals surface area contributed by atoms with Gasteiger partial charge < -0.3 is 0 Å². The minimum absolute atomic E-state index is 0.0198. The van der Waals surface area contributed by atoms with Crippen molar-refractivity contribution in [2.45, 2.75) is 45.4 Å². The van der Waals surface area contributed by atoms with Gasteiger partial charge in [-0.2, -0.15) is 0 Å². The van der Waals surface area contributed by atoms with Gasteiger partial charge in [0.15, 0.2) is 0 Å². The van der Waals surface area contributed by atoms with Crippen molar-refractivity contribution in [2.75, 3.05) is 0 Å². The van der Waals surface area contributed by atoms with E-state index in [9.17, 15) is 0 Å². The van der Waals surface area contributed by atoms with Crippen molar-refractivity contribution in [1.29, 1.82) is 0 Å². The van der Waals surface area contributed by atoms with Gasteiger partial charge in [0.25, 0.3) is 0 Å². The van der Waals surface area contributed by atoms with E-state index in [1.54, 1.807) is 0 Å². The number of hydrogen-bond acceptors (Lipinski definition) is 0. The van der Waals surface area contributed by atoms with E-state index < -0.39 is 0 Å². The predicted molar refractivity (Wildman–Crippen MR) is 235 cm³/mol. The molecule has 55 heavy (non-hydrogen) atoms. The van der Waals surface area contributed by atoms with Crippen molar-refractivity contribution >= 4 is 32.3 Å². The topological polar surface area (TPSA) is 0 Å². The molecule has 9 aromatic rings. The molecule has 0 saturated heterocycles. The molecule has 0 aromatic heterocycles. The molecule has 0 spiro atoms. The molecular weight excluding hydrogens is 661 g/mol. The molecule has 0 bridgehead atoms. The first-order chi connectivity index (χ1) is 26.7. The first-order valence-corrected chi connectivity index (χ1v) is 19.7. The molecule has 0 aliphatic heterocycles. The third-order valence-electron chi connectivity index (χ3n) is 13.1. The number of fused-ring (bicyclic) bond motifs is 9. The maximum atomic E-state index is 2.50. The molecule has 2 aliphatic carbocycles. The van der Waals surface area contributed by atoms with Crippen molar-refractivity contribution in [2.24, 2.45) is 0 Å². The molecule has 0 nitrogen and oxygen atoms in total. The summed E-state index contributed by atoms with van der Waals surface area (Å²) in [6, 6.07) is 62.2. The molecule has 9 aromatic carbocycles. The van der Waals surface area contributed by atoms with Gasteiger partial charge in [0.05, 0.1) is 0 Å². The Balaban J connectivity index is 1.09. The highest BCUT2D eigenvalue weighted by molar-refractivity contribution is 6.22. The summed E-state index contributed by atoms with van der Waals surface area (Å²) in [5.74, 6) is 0. The van der Waals surface area contributed by atoms with E-state index in [-0.39, 0.29) is 10.8 Å². The quantitative estimate of drug-likeness (QED) is 0.161. The average molecular weight is 703 g/mol. The molecule has 0 unspecified atom stereocenters. The van der Waals surface area contributed by atoms with Crippen LogP contribution in [0.5, 0.6) is 0 Å². The van der Waals surface area contributed by atoms with Gasteiger partial charge in [-0.3, -0.25) is 0 Å². The van der Waals surface area contributed by atoms with Gasteiger partial charge in [-0.25, -0.2) is 0 Å². The van der Waals surface area contributed by atoms with Crippen LogP contribution in [0.25, 0.3) is 88.0 Å². The minimum Gasteiger partial charge on any atom is -0.0619 e. The van der Waals surface area contributed by atoms with Crippen LogP contribution in [0.15, 0.2) is 164 Å². The first kappa shape index (κ1) is 32.2. The van der Waals surface area contributed by atoms with Gasteiger partial charge in [0.2, 0.25) is 0 Å². The van der Waals surface area contributed by atoms with Crippen molar-refractivity contribution in [1.82, 2.24) is 0 Å². The monoisotopic (exact) mass is 702 g/mol. The predicted octanol–water partition coefficient (Wildman–Crippen LogP) is 15.1. The summed E-state index contributed by atoms with van der Waals surface area (Å²) < 4.78 is 0. The van der Waals surface area contributed by atoms with Crippen LogP contribution in [-0.4, -0.2) is 0 Å². The van der Waals surface area contributed by atoms with Crippen LogP contribution in [0.4, 0.5) is 0 Å². The molecule has 0 amide bonds. The summed E-state index contributed by atoms with van der Waals surface area (Å²) in [4.78, 5) is 0. The molecule has 0 N–H and O–H groups in total. The van der Waals surface area contributed by atoms with E-state index in [2.05, 4.69) is 198 Å². The Kier molecular flexibility index (Phi) is 6.67. The third kappa shape index (κ3) is 4.58. The largest absolute Gasteiger partial charge is 0.0619 e. The third-order valence-corrected chi connectivity index (χ3v) is 13.1. The van der Waals surface area contributed by atoms with E-state index in [4.69, 9.17) is 0 Å². The van der Waals surface area contributed by atoms with Crippen LogP contribution in [0.2, 0.25) is 0 Å². The minimum atomic E-state index is -0.149. The molecule has 0 fully saturated rings. The standard InChI is InChI=1S/C55H42/c1-33-18-24-45-47(28-33)53(38-23-27-49-46(30-38)40-14-10-11-17-48(40)54(49,2)3)44-16-9-8-15-43(44)52(45)39-22-26-42-41-25-21-37(31-50(41)55(4,5)51(42)32-39)36-20-19-34-12-6-7-13-35(34)29-36/h6-32H,1-5H3. The lowest BCUT2D eigenvalue weighted by Crippen LogP contribution is -2.15. The van der Waals surface area contributed by atoms with Gasteiger partial charge >= 0.3 is 0 Å². The molecule has 262 valence electrons. The first-order valence-electron chi connectivity index (χ1n) is 19.7. The van der Waals surface area contributed by atoms with E-state index in [1.165, 1.54) is 116 Å². The van der Waals surface area contributed by atoms with Crippen molar-refractivity contribution < 1.29 is 0 Å². The SMILES string of the molecule is Cc1ccc2c(-c3ccc4c(c3)C(C)(C)c3cc(-c5ccc6ccccc6c5)ccc3-4)c3ccccc3c(-c3ccc4c(c3)-c3ccccc3C4(C)C)c2c1. The Morgan fingerprint density at radius 2 is 0.818 bits per heavy atom. The smallest absolute Gasteiger partial charge is 0.0159 e. The number of aryl methyl sites for hydroxylation is 1. The van der Waals surface area contributed by atoms with Crippen molar-refractivity contribution in [3.63, 3.8) is 0 Å². The van der Waals surface area contributed by atoms with Crippen LogP contribution in [0, 0.1) is 6.92 Å². The van der Waals surface area contributed by atoms with Gasteiger partial charge in [-0.05, 0) is 141 Å². The van der Waals surface area contributed by atoms with Crippen molar-refractivity contribution in [3.05, 3.63) is 192 Å². The van der Waals surface area contributed by atoms with Gasteiger partial charge in [0, 0.05) is 10.8 Å². The van der Waals surface area contributed by atoms with Gasteiger partial charge in [0.1, 0.15) is 0 Å². The normalized spacial score (nSPS) is 14.6. The van der Waals surface area contributed by atoms with E-state index >= 15 is 0 Å². The molecular formula is C55H42. The van der Waals surface area contributed by atoms with Crippen LogP contribution in [0.3, 0.4) is 0 Å². The van der Waals surface area contributed by atoms with Crippen LogP contribution in [-0.2, 0) is 10.8 Å². The Morgan fingerprint density at radius 1 is 0.309 bits per heavy atom. The molecule has 0 heteroatoms. The fourth-order valence-corrected chi connectivity index (χ4v) is 10.2. The molecule has 11 rings (SSSR count). The summed E-state index contributed by atoms with van der Waals surface area (Å²) in [6.45, 7) is 11.8. The van der Waals surface area contributed by atoms with E-state index in [0.29, 0.717) is 0 Å². The second-order valence-corrected chi connectivity index (χ2v) is 17.0. The summed E-state index contributed by atoms with van der Waals surface area (Å²) >= 11 is 0. The van der Waals surface area contributed by atoms with Gasteiger partial charge in [-0.1, -0.05) is 173 Å².